The molecule has 0 saturated heterocycles. The van der Waals surface area contributed by atoms with Gasteiger partial charge in [-0.3, -0.25) is 4.79 Å². The Kier molecular flexibility index (Phi) is 4.27. The number of carbonyl (C=O) groups excluding carboxylic acids is 1. The number of amides is 1. The van der Waals surface area contributed by atoms with Gasteiger partial charge in [0, 0.05) is 12.6 Å². The van der Waals surface area contributed by atoms with E-state index in [4.69, 9.17) is 9.84 Å². The third kappa shape index (κ3) is 2.98. The first-order chi connectivity index (χ1) is 9.13. The number of hydrogen-bond acceptors (Lipinski definition) is 4. The van der Waals surface area contributed by atoms with Crippen LogP contribution in [0.3, 0.4) is 0 Å². The second-order valence-electron chi connectivity index (χ2n) is 4.83. The van der Waals surface area contributed by atoms with Crippen LogP contribution in [0.25, 0.3) is 0 Å². The molecule has 0 bridgehead atoms. The maximum atomic E-state index is 12.4. The van der Waals surface area contributed by atoms with E-state index < -0.39 is 6.10 Å². The van der Waals surface area contributed by atoms with Gasteiger partial charge in [0.2, 0.25) is 0 Å². The molecule has 19 heavy (non-hydrogen) atoms. The molecule has 0 radical (unpaired) electrons. The van der Waals surface area contributed by atoms with E-state index in [1.54, 1.807) is 4.90 Å². The highest BCUT2D eigenvalue weighted by molar-refractivity contribution is 5.83. The fourth-order valence-corrected chi connectivity index (χ4v) is 2.17. The van der Waals surface area contributed by atoms with Crippen molar-refractivity contribution >= 4 is 11.6 Å². The Hall–Kier alpha value is -1.75. The predicted octanol–water partition coefficient (Wildman–Crippen LogP) is 1.09. The van der Waals surface area contributed by atoms with Crippen LogP contribution in [0.2, 0.25) is 0 Å². The monoisotopic (exact) mass is 264 g/mol. The SMILES string of the molecule is CC(C)N(CCO)C(=O)C1CNc2ccccc2O1. The van der Waals surface area contributed by atoms with Gasteiger partial charge in [0.1, 0.15) is 5.75 Å². The normalized spacial score (nSPS) is 17.4. The fourth-order valence-electron chi connectivity index (χ4n) is 2.17. The predicted molar refractivity (Wildman–Crippen MR) is 73.3 cm³/mol. The van der Waals surface area contributed by atoms with Crippen molar-refractivity contribution in [2.24, 2.45) is 0 Å². The van der Waals surface area contributed by atoms with Crippen LogP contribution in [0, 0.1) is 0 Å². The first-order valence-corrected chi connectivity index (χ1v) is 6.54. The second-order valence-corrected chi connectivity index (χ2v) is 4.83. The third-order valence-corrected chi connectivity index (χ3v) is 3.16. The van der Waals surface area contributed by atoms with E-state index in [1.807, 2.05) is 38.1 Å². The number of hydrogen-bond donors (Lipinski definition) is 2. The molecular formula is C14H20N2O3. The Morgan fingerprint density at radius 1 is 1.53 bits per heavy atom. The highest BCUT2D eigenvalue weighted by atomic mass is 16.5. The van der Waals surface area contributed by atoms with Gasteiger partial charge >= 0.3 is 0 Å². The Bertz CT molecular complexity index is 448. The minimum atomic E-state index is -0.538. The number of nitrogens with zero attached hydrogens (tertiary/aromatic N) is 1. The lowest BCUT2D eigenvalue weighted by atomic mass is 10.2. The summed E-state index contributed by atoms with van der Waals surface area (Å²) in [5, 5.41) is 12.2. The lowest BCUT2D eigenvalue weighted by molar-refractivity contribution is -0.140. The van der Waals surface area contributed by atoms with Crippen LogP contribution in [-0.2, 0) is 4.79 Å². The zero-order chi connectivity index (χ0) is 13.8. The van der Waals surface area contributed by atoms with Gasteiger partial charge in [-0.2, -0.15) is 0 Å². The Balaban J connectivity index is 2.09. The van der Waals surface area contributed by atoms with E-state index in [-0.39, 0.29) is 18.6 Å². The van der Waals surface area contributed by atoms with Crippen molar-refractivity contribution in [1.82, 2.24) is 4.90 Å². The standard InChI is InChI=1S/C14H20N2O3/c1-10(2)16(7-8-17)14(18)13-9-15-11-5-3-4-6-12(11)19-13/h3-6,10,13,15,17H,7-9H2,1-2H3. The van der Waals surface area contributed by atoms with Crippen LogP contribution in [0.5, 0.6) is 5.75 Å². The lowest BCUT2D eigenvalue weighted by Gasteiger charge is -2.33. The summed E-state index contributed by atoms with van der Waals surface area (Å²) in [6.45, 7) is 4.60. The van der Waals surface area contributed by atoms with Crippen molar-refractivity contribution in [2.45, 2.75) is 26.0 Å². The summed E-state index contributed by atoms with van der Waals surface area (Å²) < 4.78 is 5.74. The molecule has 1 atom stereocenters. The highest BCUT2D eigenvalue weighted by Gasteiger charge is 2.30. The number of rotatable bonds is 4. The molecule has 2 rings (SSSR count). The number of fused-ring (bicyclic) bond motifs is 1. The van der Waals surface area contributed by atoms with E-state index in [1.165, 1.54) is 0 Å². The summed E-state index contributed by atoms with van der Waals surface area (Å²) in [5.74, 6) is 0.603. The van der Waals surface area contributed by atoms with E-state index in [0.29, 0.717) is 18.8 Å². The molecule has 2 N–H and O–H groups in total. The number of anilines is 1. The van der Waals surface area contributed by atoms with Crippen molar-refractivity contribution < 1.29 is 14.6 Å². The van der Waals surface area contributed by atoms with Crippen LogP contribution in [0.1, 0.15) is 13.8 Å². The topological polar surface area (TPSA) is 61.8 Å². The number of aliphatic hydroxyl groups is 1. The molecule has 5 heteroatoms. The van der Waals surface area contributed by atoms with E-state index in [2.05, 4.69) is 5.32 Å². The van der Waals surface area contributed by atoms with Crippen molar-refractivity contribution in [3.05, 3.63) is 24.3 Å². The molecule has 0 fully saturated rings. The van der Waals surface area contributed by atoms with Gasteiger partial charge in [-0.1, -0.05) is 12.1 Å². The maximum absolute atomic E-state index is 12.4. The number of ether oxygens (including phenoxy) is 1. The molecular weight excluding hydrogens is 244 g/mol. The number of nitrogens with one attached hydrogen (secondary N) is 1. The molecule has 1 aliphatic rings. The zero-order valence-corrected chi connectivity index (χ0v) is 11.3. The summed E-state index contributed by atoms with van der Waals surface area (Å²) in [7, 11) is 0. The van der Waals surface area contributed by atoms with Gasteiger partial charge < -0.3 is 20.1 Å². The zero-order valence-electron chi connectivity index (χ0n) is 11.3. The molecule has 0 aromatic heterocycles. The summed E-state index contributed by atoms with van der Waals surface area (Å²) >= 11 is 0. The molecule has 1 aliphatic heterocycles. The molecule has 1 heterocycles. The van der Waals surface area contributed by atoms with Crippen LogP contribution in [0.4, 0.5) is 5.69 Å². The van der Waals surface area contributed by atoms with Gasteiger partial charge in [0.15, 0.2) is 6.10 Å². The van der Waals surface area contributed by atoms with Gasteiger partial charge in [0.25, 0.3) is 5.91 Å². The number of para-hydroxylation sites is 2. The third-order valence-electron chi connectivity index (χ3n) is 3.16. The molecule has 5 nitrogen and oxygen atoms in total. The van der Waals surface area contributed by atoms with Gasteiger partial charge in [0.05, 0.1) is 18.8 Å². The first kappa shape index (κ1) is 13.7. The quantitative estimate of drug-likeness (QED) is 0.854. The molecule has 1 amide bonds. The van der Waals surface area contributed by atoms with Gasteiger partial charge in [-0.15, -0.1) is 0 Å². The molecule has 104 valence electrons. The Labute approximate surface area is 113 Å². The van der Waals surface area contributed by atoms with Crippen LogP contribution in [0.15, 0.2) is 24.3 Å². The Morgan fingerprint density at radius 2 is 2.26 bits per heavy atom. The number of benzene rings is 1. The maximum Gasteiger partial charge on any atom is 0.265 e. The average Bonchev–Trinajstić information content (AvgIpc) is 2.43. The highest BCUT2D eigenvalue weighted by Crippen LogP contribution is 2.28. The molecule has 1 unspecified atom stereocenters. The van der Waals surface area contributed by atoms with Gasteiger partial charge in [-0.05, 0) is 26.0 Å². The van der Waals surface area contributed by atoms with Crippen molar-refractivity contribution in [3.8, 4) is 5.75 Å². The smallest absolute Gasteiger partial charge is 0.265 e. The lowest BCUT2D eigenvalue weighted by Crippen LogP contribution is -2.50. The van der Waals surface area contributed by atoms with E-state index >= 15 is 0 Å². The van der Waals surface area contributed by atoms with Crippen LogP contribution >= 0.6 is 0 Å². The fraction of sp³-hybridized carbons (Fsp3) is 0.500. The van der Waals surface area contributed by atoms with Crippen molar-refractivity contribution in [3.63, 3.8) is 0 Å². The molecule has 0 aliphatic carbocycles. The largest absolute Gasteiger partial charge is 0.477 e. The molecule has 0 spiro atoms. The molecule has 1 aromatic rings. The summed E-state index contributed by atoms with van der Waals surface area (Å²) in [6, 6.07) is 7.60. The summed E-state index contributed by atoms with van der Waals surface area (Å²) in [6.07, 6.45) is -0.538. The first-order valence-electron chi connectivity index (χ1n) is 6.54. The minimum Gasteiger partial charge on any atom is -0.477 e. The van der Waals surface area contributed by atoms with Crippen molar-refractivity contribution in [1.29, 1.82) is 0 Å². The van der Waals surface area contributed by atoms with E-state index in [0.717, 1.165) is 5.69 Å². The number of carbonyl (C=O) groups is 1. The minimum absolute atomic E-state index is 0.0410. The molecule has 1 aromatic carbocycles. The summed E-state index contributed by atoms with van der Waals surface area (Å²) in [5.41, 5.74) is 0.907. The average molecular weight is 264 g/mol. The van der Waals surface area contributed by atoms with Gasteiger partial charge in [-0.25, -0.2) is 0 Å². The van der Waals surface area contributed by atoms with Crippen LogP contribution < -0.4 is 10.1 Å². The molecule has 0 saturated carbocycles. The second kappa shape index (κ2) is 5.93. The summed E-state index contributed by atoms with van der Waals surface area (Å²) in [4.78, 5) is 14.0. The van der Waals surface area contributed by atoms with Crippen LogP contribution in [-0.4, -0.2) is 47.8 Å². The Morgan fingerprint density at radius 3 is 2.95 bits per heavy atom. The van der Waals surface area contributed by atoms with Crippen molar-refractivity contribution in [2.75, 3.05) is 25.0 Å². The number of aliphatic hydroxyl groups excluding tert-OH is 1. The van der Waals surface area contributed by atoms with E-state index in [9.17, 15) is 4.79 Å².